The van der Waals surface area contributed by atoms with Gasteiger partial charge in [0, 0.05) is 53.6 Å². The quantitative estimate of drug-likeness (QED) is 0.193. The van der Waals surface area contributed by atoms with Gasteiger partial charge in [0.1, 0.15) is 24.1 Å². The molecule has 3 saturated heterocycles. The molecule has 0 N–H and O–H groups in total. The molecule has 4 fully saturated rings. The molecule has 1 aliphatic carbocycles. The van der Waals surface area contributed by atoms with Crippen molar-refractivity contribution >= 4 is 44.1 Å². The van der Waals surface area contributed by atoms with Gasteiger partial charge in [-0.05, 0) is 68.1 Å². The maximum absolute atomic E-state index is 14.6. The lowest BCUT2D eigenvalue weighted by Gasteiger charge is -2.41. The number of carbonyl (C=O) groups is 1. The summed E-state index contributed by atoms with van der Waals surface area (Å²) in [6, 6.07) is 13.3. The van der Waals surface area contributed by atoms with Gasteiger partial charge in [-0.1, -0.05) is 18.7 Å². The molecule has 248 valence electrons. The van der Waals surface area contributed by atoms with E-state index >= 15 is 0 Å². The number of rotatable bonds is 9. The summed E-state index contributed by atoms with van der Waals surface area (Å²) in [7, 11) is 0. The first kappa shape index (κ1) is 31.0. The Bertz CT molecular complexity index is 1960. The average molecular weight is 671 g/mol. The molecular formula is C36H36F2N6O3S. The van der Waals surface area contributed by atoms with Crippen LogP contribution in [-0.4, -0.2) is 88.9 Å². The van der Waals surface area contributed by atoms with E-state index in [0.29, 0.717) is 49.7 Å². The van der Waals surface area contributed by atoms with Crippen molar-refractivity contribution in [2.75, 3.05) is 44.2 Å². The topological polar surface area (TPSA) is 94.8 Å². The van der Waals surface area contributed by atoms with E-state index in [4.69, 9.17) is 19.4 Å². The number of carbonyl (C=O) groups excluding carboxylic acids is 1. The minimum atomic E-state index is -0.889. The number of halogens is 2. The van der Waals surface area contributed by atoms with E-state index in [0.717, 1.165) is 70.2 Å². The van der Waals surface area contributed by atoms with Gasteiger partial charge >= 0.3 is 6.01 Å². The standard InChI is InChI=1S/C36H36F2N6O3S/c1-2-31(45)44-16-15-42(20-23(44)11-13-39)34-27-10-9-26(25-5-3-6-29-28(25)17-30(38)48-29)33(47-24-7-8-24)32(27)40-35(41-34)46-21-36-12-4-14-43(36)19-22(37)18-36/h2-3,5-6,9-10,17,22-24H,1,4,7-8,11-12,14-16,18-21H2/t22-,23+,36+/m1/s1. The van der Waals surface area contributed by atoms with Crippen LogP contribution in [0, 0.1) is 16.5 Å². The van der Waals surface area contributed by atoms with Gasteiger partial charge in [-0.3, -0.25) is 9.69 Å². The predicted octanol–water partition coefficient (Wildman–Crippen LogP) is 6.26. The Balaban J connectivity index is 1.26. The van der Waals surface area contributed by atoms with Crippen LogP contribution in [0.4, 0.5) is 14.6 Å². The van der Waals surface area contributed by atoms with Crippen molar-refractivity contribution in [3.05, 3.63) is 54.2 Å². The molecule has 0 bridgehead atoms. The van der Waals surface area contributed by atoms with Crippen LogP contribution in [0.5, 0.6) is 11.8 Å². The number of alkyl halides is 1. The van der Waals surface area contributed by atoms with Crippen molar-refractivity contribution in [2.45, 2.75) is 62.4 Å². The van der Waals surface area contributed by atoms with E-state index in [9.17, 15) is 18.8 Å². The second-order valence-electron chi connectivity index (χ2n) is 13.3. The second kappa shape index (κ2) is 12.3. The lowest BCUT2D eigenvalue weighted by atomic mass is 9.95. The molecule has 48 heavy (non-hydrogen) atoms. The Morgan fingerprint density at radius 1 is 1.15 bits per heavy atom. The molecule has 2 aromatic heterocycles. The zero-order valence-corrected chi connectivity index (χ0v) is 27.4. The SMILES string of the molecule is C=CC(=O)N1CCN(c2nc(OC[C@@]34CCCN3C[C@H](F)C4)nc3c(OC4CC4)c(-c4cccc5sc(F)cc45)ccc23)C[C@@H]1CC#N. The highest BCUT2D eigenvalue weighted by Crippen LogP contribution is 2.46. The fourth-order valence-electron chi connectivity index (χ4n) is 7.77. The van der Waals surface area contributed by atoms with Gasteiger partial charge in [0.15, 0.2) is 10.9 Å². The van der Waals surface area contributed by atoms with Crippen LogP contribution in [0.1, 0.15) is 38.5 Å². The summed E-state index contributed by atoms with van der Waals surface area (Å²) < 4.78 is 43.0. The summed E-state index contributed by atoms with van der Waals surface area (Å²) in [5, 5.41) is 10.9. The lowest BCUT2D eigenvalue weighted by molar-refractivity contribution is -0.128. The van der Waals surface area contributed by atoms with Gasteiger partial charge in [0.05, 0.1) is 30.2 Å². The molecule has 4 aliphatic rings. The molecule has 3 aliphatic heterocycles. The van der Waals surface area contributed by atoms with Crippen molar-refractivity contribution < 1.29 is 23.0 Å². The van der Waals surface area contributed by atoms with Crippen molar-refractivity contribution in [2.24, 2.45) is 0 Å². The molecule has 0 radical (unpaired) electrons. The zero-order chi connectivity index (χ0) is 33.0. The van der Waals surface area contributed by atoms with Gasteiger partial charge in [-0.15, -0.1) is 11.3 Å². The summed E-state index contributed by atoms with van der Waals surface area (Å²) in [5.41, 5.74) is 1.83. The number of aromatic nitrogens is 2. The molecule has 1 saturated carbocycles. The van der Waals surface area contributed by atoms with Crippen LogP contribution in [0.25, 0.3) is 32.1 Å². The Labute approximate surface area is 281 Å². The van der Waals surface area contributed by atoms with Crippen LogP contribution in [0.2, 0.25) is 0 Å². The van der Waals surface area contributed by atoms with E-state index in [1.54, 1.807) is 11.0 Å². The third-order valence-electron chi connectivity index (χ3n) is 10.2. The predicted molar refractivity (Wildman–Crippen MR) is 181 cm³/mol. The number of ether oxygens (including phenoxy) is 2. The first-order chi connectivity index (χ1) is 23.4. The number of benzene rings is 2. The third-order valence-corrected chi connectivity index (χ3v) is 11.1. The summed E-state index contributed by atoms with van der Waals surface area (Å²) in [4.78, 5) is 28.6. The average Bonchev–Trinajstić information content (AvgIpc) is 3.57. The number of nitrogens with zero attached hydrogens (tertiary/aromatic N) is 6. The maximum atomic E-state index is 14.6. The third kappa shape index (κ3) is 5.52. The first-order valence-corrected chi connectivity index (χ1v) is 17.4. The van der Waals surface area contributed by atoms with Crippen LogP contribution in [-0.2, 0) is 4.79 Å². The number of amides is 1. The minimum absolute atomic E-state index is 0.0370. The van der Waals surface area contributed by atoms with Crippen LogP contribution < -0.4 is 14.4 Å². The maximum Gasteiger partial charge on any atom is 0.319 e. The highest BCUT2D eigenvalue weighted by atomic mass is 32.1. The Hall–Kier alpha value is -4.34. The van der Waals surface area contributed by atoms with Crippen molar-refractivity contribution in [1.29, 1.82) is 5.26 Å². The molecule has 2 aromatic carbocycles. The largest absolute Gasteiger partial charge is 0.487 e. The Morgan fingerprint density at radius 3 is 2.83 bits per heavy atom. The number of anilines is 1. The molecule has 5 heterocycles. The van der Waals surface area contributed by atoms with Gasteiger partial charge in [-0.2, -0.15) is 19.6 Å². The molecule has 0 spiro atoms. The molecule has 12 heteroatoms. The van der Waals surface area contributed by atoms with Gasteiger partial charge in [0.25, 0.3) is 0 Å². The summed E-state index contributed by atoms with van der Waals surface area (Å²) in [6.07, 6.45) is 4.70. The molecule has 1 amide bonds. The molecular weight excluding hydrogens is 634 g/mol. The van der Waals surface area contributed by atoms with Gasteiger partial charge in [0.2, 0.25) is 5.91 Å². The number of fused-ring (bicyclic) bond motifs is 3. The second-order valence-corrected chi connectivity index (χ2v) is 14.3. The van der Waals surface area contributed by atoms with Crippen LogP contribution in [0.15, 0.2) is 49.1 Å². The first-order valence-electron chi connectivity index (χ1n) is 16.6. The molecule has 8 rings (SSSR count). The van der Waals surface area contributed by atoms with E-state index < -0.39 is 6.17 Å². The van der Waals surface area contributed by atoms with Crippen LogP contribution >= 0.6 is 11.3 Å². The van der Waals surface area contributed by atoms with Gasteiger partial charge in [-0.25, -0.2) is 4.39 Å². The van der Waals surface area contributed by atoms with E-state index in [1.165, 1.54) is 6.08 Å². The van der Waals surface area contributed by atoms with E-state index in [2.05, 4.69) is 22.4 Å². The van der Waals surface area contributed by atoms with Gasteiger partial charge < -0.3 is 19.3 Å². The zero-order valence-electron chi connectivity index (χ0n) is 26.5. The lowest BCUT2D eigenvalue weighted by Crippen LogP contribution is -2.55. The minimum Gasteiger partial charge on any atom is -0.487 e. The normalized spacial score (nSPS) is 24.2. The van der Waals surface area contributed by atoms with E-state index in [1.807, 2.05) is 30.3 Å². The highest BCUT2D eigenvalue weighted by Gasteiger charge is 2.49. The molecule has 3 atom stereocenters. The fourth-order valence-corrected chi connectivity index (χ4v) is 8.58. The Kier molecular flexibility index (Phi) is 7.92. The molecule has 4 aromatic rings. The van der Waals surface area contributed by atoms with Crippen LogP contribution in [0.3, 0.4) is 0 Å². The monoisotopic (exact) mass is 670 g/mol. The van der Waals surface area contributed by atoms with Crippen molar-refractivity contribution in [3.8, 4) is 29.0 Å². The number of hydrogen-bond donors (Lipinski definition) is 0. The number of nitriles is 1. The van der Waals surface area contributed by atoms with Crippen molar-refractivity contribution in [3.63, 3.8) is 0 Å². The molecule has 0 unspecified atom stereocenters. The Morgan fingerprint density at radius 2 is 2.02 bits per heavy atom. The summed E-state index contributed by atoms with van der Waals surface area (Å²) in [5.74, 6) is 0.992. The summed E-state index contributed by atoms with van der Waals surface area (Å²) >= 11 is 1.11. The smallest absolute Gasteiger partial charge is 0.319 e. The number of hydrogen-bond acceptors (Lipinski definition) is 9. The number of piperazine rings is 1. The molecule has 9 nitrogen and oxygen atoms in total. The van der Waals surface area contributed by atoms with E-state index in [-0.39, 0.29) is 47.8 Å². The highest BCUT2D eigenvalue weighted by molar-refractivity contribution is 7.17. The summed E-state index contributed by atoms with van der Waals surface area (Å²) in [6.45, 7) is 6.43. The van der Waals surface area contributed by atoms with Crippen molar-refractivity contribution in [1.82, 2.24) is 19.8 Å². The number of thiophene rings is 1. The fraction of sp³-hybridized carbons (Fsp3) is 0.444.